The molecule has 90 valence electrons. The second kappa shape index (κ2) is 4.34. The molecule has 0 aromatic carbocycles. The highest BCUT2D eigenvalue weighted by Gasteiger charge is 2.41. The number of rotatable bonds is 2. The van der Waals surface area contributed by atoms with Crippen molar-refractivity contribution in [2.24, 2.45) is 5.92 Å². The Hall–Kier alpha value is -0.610. The number of piperidine rings is 1. The predicted molar refractivity (Wildman–Crippen MR) is 60.0 cm³/mol. The maximum atomic E-state index is 12.0. The van der Waals surface area contributed by atoms with Gasteiger partial charge in [0.2, 0.25) is 5.91 Å². The van der Waals surface area contributed by atoms with Crippen molar-refractivity contribution in [2.45, 2.75) is 50.4 Å². The fourth-order valence-corrected chi connectivity index (χ4v) is 3.17. The molecule has 3 heterocycles. The van der Waals surface area contributed by atoms with E-state index in [1.165, 1.54) is 6.42 Å². The fourth-order valence-electron chi connectivity index (χ4n) is 3.17. The lowest BCUT2D eigenvalue weighted by molar-refractivity contribution is -0.126. The number of carbonyl (C=O) groups is 1. The van der Waals surface area contributed by atoms with Crippen LogP contribution in [0.2, 0.25) is 0 Å². The lowest BCUT2D eigenvalue weighted by atomic mass is 9.93. The zero-order chi connectivity index (χ0) is 11.0. The zero-order valence-corrected chi connectivity index (χ0v) is 9.58. The first-order valence-corrected chi connectivity index (χ1v) is 6.49. The van der Waals surface area contributed by atoms with Crippen molar-refractivity contribution in [3.8, 4) is 0 Å². The average molecular weight is 224 g/mol. The molecule has 3 aliphatic heterocycles. The Morgan fingerprint density at radius 2 is 2.00 bits per heavy atom. The van der Waals surface area contributed by atoms with Crippen molar-refractivity contribution in [1.29, 1.82) is 0 Å². The van der Waals surface area contributed by atoms with E-state index in [0.29, 0.717) is 18.2 Å². The van der Waals surface area contributed by atoms with E-state index in [-0.39, 0.29) is 11.8 Å². The SMILES string of the molecule is O=C(NC1CC2CCC1O2)C1CCNCC1. The van der Waals surface area contributed by atoms with Crippen molar-refractivity contribution in [3.63, 3.8) is 0 Å². The summed E-state index contributed by atoms with van der Waals surface area (Å²) >= 11 is 0. The third-order valence-electron chi connectivity index (χ3n) is 4.14. The molecule has 3 fully saturated rings. The maximum absolute atomic E-state index is 12.0. The Morgan fingerprint density at radius 3 is 2.62 bits per heavy atom. The van der Waals surface area contributed by atoms with Crippen molar-refractivity contribution < 1.29 is 9.53 Å². The Morgan fingerprint density at radius 1 is 1.19 bits per heavy atom. The van der Waals surface area contributed by atoms with Crippen LogP contribution in [-0.4, -0.2) is 37.2 Å². The van der Waals surface area contributed by atoms with Gasteiger partial charge in [-0.05, 0) is 45.2 Å². The van der Waals surface area contributed by atoms with Crippen LogP contribution in [0.1, 0.15) is 32.1 Å². The van der Waals surface area contributed by atoms with Crippen molar-refractivity contribution >= 4 is 5.91 Å². The molecule has 1 amide bonds. The normalized spacial score (nSPS) is 38.9. The second-order valence-corrected chi connectivity index (χ2v) is 5.25. The van der Waals surface area contributed by atoms with E-state index in [1.807, 2.05) is 0 Å². The topological polar surface area (TPSA) is 50.4 Å². The van der Waals surface area contributed by atoms with Crippen LogP contribution in [0, 0.1) is 5.92 Å². The monoisotopic (exact) mass is 224 g/mol. The molecule has 3 saturated heterocycles. The molecule has 0 spiro atoms. The Labute approximate surface area is 96.1 Å². The van der Waals surface area contributed by atoms with E-state index in [9.17, 15) is 4.79 Å². The smallest absolute Gasteiger partial charge is 0.223 e. The maximum Gasteiger partial charge on any atom is 0.223 e. The van der Waals surface area contributed by atoms with Gasteiger partial charge in [-0.15, -0.1) is 0 Å². The molecule has 0 saturated carbocycles. The first kappa shape index (κ1) is 10.5. The summed E-state index contributed by atoms with van der Waals surface area (Å²) in [5.41, 5.74) is 0. The van der Waals surface area contributed by atoms with Gasteiger partial charge >= 0.3 is 0 Å². The molecular formula is C12H20N2O2. The second-order valence-electron chi connectivity index (χ2n) is 5.25. The van der Waals surface area contributed by atoms with E-state index in [0.717, 1.165) is 38.8 Å². The number of ether oxygens (including phenoxy) is 1. The minimum Gasteiger partial charge on any atom is -0.373 e. The van der Waals surface area contributed by atoms with Gasteiger partial charge in [0.25, 0.3) is 0 Å². The average Bonchev–Trinajstić information content (AvgIpc) is 2.92. The standard InChI is InChI=1S/C12H20N2O2/c15-12(8-3-5-13-6-4-8)14-10-7-9-1-2-11(10)16-9/h8-11,13H,1-7H2,(H,14,15). The molecule has 2 N–H and O–H groups in total. The Balaban J connectivity index is 1.52. The Bertz CT molecular complexity index is 276. The van der Waals surface area contributed by atoms with Gasteiger partial charge < -0.3 is 15.4 Å². The zero-order valence-electron chi connectivity index (χ0n) is 9.58. The van der Waals surface area contributed by atoms with Crippen LogP contribution in [0.3, 0.4) is 0 Å². The lowest BCUT2D eigenvalue weighted by Gasteiger charge is -2.26. The van der Waals surface area contributed by atoms with Gasteiger partial charge in [-0.25, -0.2) is 0 Å². The number of amides is 1. The van der Waals surface area contributed by atoms with Crippen molar-refractivity contribution in [1.82, 2.24) is 10.6 Å². The van der Waals surface area contributed by atoms with Gasteiger partial charge in [-0.1, -0.05) is 0 Å². The molecule has 4 heteroatoms. The number of hydrogen-bond donors (Lipinski definition) is 2. The molecule has 0 aliphatic carbocycles. The number of carbonyl (C=O) groups excluding carboxylic acids is 1. The predicted octanol–water partition coefficient (Wildman–Crippen LogP) is 0.422. The number of hydrogen-bond acceptors (Lipinski definition) is 3. The summed E-state index contributed by atoms with van der Waals surface area (Å²) < 4.78 is 5.75. The van der Waals surface area contributed by atoms with Crippen LogP contribution in [0.15, 0.2) is 0 Å². The first-order valence-electron chi connectivity index (χ1n) is 6.49. The van der Waals surface area contributed by atoms with Crippen LogP contribution in [0.5, 0.6) is 0 Å². The molecule has 3 rings (SSSR count). The summed E-state index contributed by atoms with van der Waals surface area (Å²) in [6.45, 7) is 1.95. The minimum absolute atomic E-state index is 0.223. The van der Waals surface area contributed by atoms with Crippen LogP contribution >= 0.6 is 0 Å². The summed E-state index contributed by atoms with van der Waals surface area (Å²) in [6.07, 6.45) is 6.02. The van der Waals surface area contributed by atoms with Gasteiger partial charge in [0.1, 0.15) is 0 Å². The van der Waals surface area contributed by atoms with E-state index >= 15 is 0 Å². The van der Waals surface area contributed by atoms with Gasteiger partial charge in [0.05, 0.1) is 18.2 Å². The lowest BCUT2D eigenvalue weighted by Crippen LogP contribution is -2.46. The summed E-state index contributed by atoms with van der Waals surface area (Å²) in [4.78, 5) is 12.0. The largest absolute Gasteiger partial charge is 0.373 e. The summed E-state index contributed by atoms with van der Waals surface area (Å²) in [5.74, 6) is 0.475. The fraction of sp³-hybridized carbons (Fsp3) is 0.917. The van der Waals surface area contributed by atoms with Crippen LogP contribution in [0.4, 0.5) is 0 Å². The third-order valence-corrected chi connectivity index (χ3v) is 4.14. The van der Waals surface area contributed by atoms with E-state index in [1.54, 1.807) is 0 Å². The molecule has 3 aliphatic rings. The van der Waals surface area contributed by atoms with E-state index in [4.69, 9.17) is 4.74 Å². The molecule has 3 atom stereocenters. The molecule has 16 heavy (non-hydrogen) atoms. The minimum atomic E-state index is 0.223. The van der Waals surface area contributed by atoms with Crippen LogP contribution < -0.4 is 10.6 Å². The Kier molecular flexibility index (Phi) is 2.86. The van der Waals surface area contributed by atoms with Gasteiger partial charge in [-0.2, -0.15) is 0 Å². The van der Waals surface area contributed by atoms with Crippen molar-refractivity contribution in [3.05, 3.63) is 0 Å². The molecule has 0 aromatic heterocycles. The van der Waals surface area contributed by atoms with Gasteiger partial charge in [-0.3, -0.25) is 4.79 Å². The van der Waals surface area contributed by atoms with Crippen LogP contribution in [-0.2, 0) is 9.53 Å². The first-order chi connectivity index (χ1) is 7.83. The third kappa shape index (κ3) is 1.96. The van der Waals surface area contributed by atoms with Crippen LogP contribution in [0.25, 0.3) is 0 Å². The summed E-state index contributed by atoms with van der Waals surface area (Å²) in [6, 6.07) is 0.293. The summed E-state index contributed by atoms with van der Waals surface area (Å²) in [7, 11) is 0. The highest BCUT2D eigenvalue weighted by Crippen LogP contribution is 2.34. The summed E-state index contributed by atoms with van der Waals surface area (Å²) in [5, 5.41) is 6.47. The number of nitrogens with one attached hydrogen (secondary N) is 2. The van der Waals surface area contributed by atoms with Gasteiger partial charge in [0, 0.05) is 5.92 Å². The quantitative estimate of drug-likeness (QED) is 0.715. The van der Waals surface area contributed by atoms with Crippen molar-refractivity contribution in [2.75, 3.05) is 13.1 Å². The molecule has 0 radical (unpaired) electrons. The molecule has 2 bridgehead atoms. The highest BCUT2D eigenvalue weighted by molar-refractivity contribution is 5.79. The van der Waals surface area contributed by atoms with Gasteiger partial charge in [0.15, 0.2) is 0 Å². The van der Waals surface area contributed by atoms with E-state index in [2.05, 4.69) is 10.6 Å². The number of fused-ring (bicyclic) bond motifs is 2. The highest BCUT2D eigenvalue weighted by atomic mass is 16.5. The molecule has 4 nitrogen and oxygen atoms in total. The molecule has 0 aromatic rings. The molecule has 3 unspecified atom stereocenters. The molecular weight excluding hydrogens is 204 g/mol. The van der Waals surface area contributed by atoms with E-state index < -0.39 is 0 Å².